The van der Waals surface area contributed by atoms with E-state index >= 15 is 0 Å². The third-order valence-electron chi connectivity index (χ3n) is 4.90. The van der Waals surface area contributed by atoms with Gasteiger partial charge in [-0.15, -0.1) is 11.3 Å². The van der Waals surface area contributed by atoms with Gasteiger partial charge in [0.15, 0.2) is 0 Å². The van der Waals surface area contributed by atoms with Crippen molar-refractivity contribution in [2.24, 2.45) is 0 Å². The first kappa shape index (κ1) is 17.0. The van der Waals surface area contributed by atoms with Crippen molar-refractivity contribution in [1.29, 1.82) is 0 Å². The number of hydrogen-bond acceptors (Lipinski definition) is 3. The van der Waals surface area contributed by atoms with Gasteiger partial charge in [-0.05, 0) is 34.6 Å². The lowest BCUT2D eigenvalue weighted by molar-refractivity contribution is -0.131. The Balaban J connectivity index is 1.44. The summed E-state index contributed by atoms with van der Waals surface area (Å²) in [5.41, 5.74) is 3.82. The maximum atomic E-state index is 12.8. The molecule has 132 valence electrons. The summed E-state index contributed by atoms with van der Waals surface area (Å²) in [6.07, 6.45) is 0.939. The second-order valence-corrected chi connectivity index (χ2v) is 7.55. The minimum atomic E-state index is 0.0530. The molecular weight excluding hydrogens is 340 g/mol. The van der Waals surface area contributed by atoms with Gasteiger partial charge in [-0.3, -0.25) is 10.1 Å². The van der Waals surface area contributed by atoms with Crippen LogP contribution in [0.5, 0.6) is 0 Å². The highest BCUT2D eigenvalue weighted by atomic mass is 32.1. The molecule has 0 unspecified atom stereocenters. The fourth-order valence-electron chi connectivity index (χ4n) is 3.49. The number of carbonyl (C=O) groups is 1. The number of thiophene rings is 1. The Morgan fingerprint density at radius 2 is 1.77 bits per heavy atom. The van der Waals surface area contributed by atoms with E-state index in [1.807, 2.05) is 29.2 Å². The first-order valence-electron chi connectivity index (χ1n) is 8.97. The monoisotopic (exact) mass is 362 g/mol. The highest BCUT2D eigenvalue weighted by molar-refractivity contribution is 7.10. The van der Waals surface area contributed by atoms with Gasteiger partial charge in [-0.2, -0.15) is 0 Å². The zero-order valence-electron chi connectivity index (χ0n) is 14.6. The van der Waals surface area contributed by atoms with E-state index in [9.17, 15) is 4.79 Å². The maximum Gasteiger partial charge on any atom is 0.236 e. The molecule has 0 spiro atoms. The maximum absolute atomic E-state index is 12.8. The molecule has 1 amide bonds. The third-order valence-corrected chi connectivity index (χ3v) is 5.84. The molecule has 1 aliphatic rings. The van der Waals surface area contributed by atoms with Gasteiger partial charge in [0, 0.05) is 18.0 Å². The van der Waals surface area contributed by atoms with Crippen LogP contribution in [0.15, 0.2) is 72.1 Å². The molecule has 0 fully saturated rings. The van der Waals surface area contributed by atoms with Crippen molar-refractivity contribution in [3.63, 3.8) is 0 Å². The average Bonchev–Trinajstić information content (AvgIpc) is 3.23. The molecule has 0 saturated heterocycles. The topological polar surface area (TPSA) is 32.3 Å². The molecule has 3 aromatic rings. The number of nitrogens with zero attached hydrogens (tertiary/aromatic N) is 1. The number of carbonyl (C=O) groups excluding carboxylic acids is 1. The number of benzene rings is 2. The van der Waals surface area contributed by atoms with E-state index in [2.05, 4.69) is 53.2 Å². The summed E-state index contributed by atoms with van der Waals surface area (Å²) in [5.74, 6) is 0.164. The number of nitrogens with one attached hydrogen (secondary N) is 1. The van der Waals surface area contributed by atoms with Crippen LogP contribution in [0.4, 0.5) is 0 Å². The Labute approximate surface area is 158 Å². The summed E-state index contributed by atoms with van der Waals surface area (Å²) in [7, 11) is 0. The molecule has 1 atom stereocenters. The van der Waals surface area contributed by atoms with Crippen LogP contribution in [-0.2, 0) is 17.8 Å². The first-order valence-corrected chi connectivity index (χ1v) is 9.85. The fraction of sp³-hybridized carbons (Fsp3) is 0.227. The van der Waals surface area contributed by atoms with Gasteiger partial charge < -0.3 is 4.90 Å². The van der Waals surface area contributed by atoms with Crippen LogP contribution in [0, 0.1) is 0 Å². The summed E-state index contributed by atoms with van der Waals surface area (Å²) in [6, 6.07) is 23.0. The number of hydrogen-bond donors (Lipinski definition) is 1. The lowest BCUT2D eigenvalue weighted by atomic mass is 10.00. The largest absolute Gasteiger partial charge is 0.337 e. The molecule has 2 heterocycles. The smallest absolute Gasteiger partial charge is 0.236 e. The van der Waals surface area contributed by atoms with E-state index in [0.717, 1.165) is 13.0 Å². The van der Waals surface area contributed by atoms with Crippen LogP contribution >= 0.6 is 11.3 Å². The standard InChI is InChI=1S/C22H22N2OS/c25-21(24-13-12-17-7-4-5-10-19(17)16-24)15-23-22(20-11-6-14-26-20)18-8-2-1-3-9-18/h1-11,14,22-23H,12-13,15-16H2/t22-/m1/s1. The van der Waals surface area contributed by atoms with Crippen LogP contribution < -0.4 is 5.32 Å². The van der Waals surface area contributed by atoms with Gasteiger partial charge in [-0.25, -0.2) is 0 Å². The Morgan fingerprint density at radius 3 is 2.54 bits per heavy atom. The van der Waals surface area contributed by atoms with Crippen LogP contribution in [0.25, 0.3) is 0 Å². The van der Waals surface area contributed by atoms with E-state index in [0.29, 0.717) is 13.1 Å². The molecule has 0 aliphatic carbocycles. The van der Waals surface area contributed by atoms with Crippen molar-refractivity contribution in [3.8, 4) is 0 Å². The van der Waals surface area contributed by atoms with Crippen molar-refractivity contribution < 1.29 is 4.79 Å². The van der Waals surface area contributed by atoms with Gasteiger partial charge in [0.05, 0.1) is 12.6 Å². The molecule has 3 nitrogen and oxygen atoms in total. The van der Waals surface area contributed by atoms with Crippen LogP contribution in [-0.4, -0.2) is 23.9 Å². The summed E-state index contributed by atoms with van der Waals surface area (Å²) in [5, 5.41) is 5.56. The SMILES string of the molecule is O=C(CN[C@H](c1ccccc1)c1cccs1)N1CCc2ccccc2C1. The summed E-state index contributed by atoms with van der Waals surface area (Å²) < 4.78 is 0. The summed E-state index contributed by atoms with van der Waals surface area (Å²) >= 11 is 1.72. The van der Waals surface area contributed by atoms with Crippen molar-refractivity contribution in [2.75, 3.05) is 13.1 Å². The predicted molar refractivity (Wildman–Crippen MR) is 106 cm³/mol. The third kappa shape index (κ3) is 3.71. The number of fused-ring (bicyclic) bond motifs is 1. The molecular formula is C22H22N2OS. The molecule has 26 heavy (non-hydrogen) atoms. The fourth-order valence-corrected chi connectivity index (χ4v) is 4.32. The molecule has 4 heteroatoms. The van der Waals surface area contributed by atoms with E-state index in [-0.39, 0.29) is 11.9 Å². The minimum Gasteiger partial charge on any atom is -0.337 e. The quantitative estimate of drug-likeness (QED) is 0.744. The van der Waals surface area contributed by atoms with E-state index < -0.39 is 0 Å². The van der Waals surface area contributed by atoms with E-state index in [1.165, 1.54) is 21.6 Å². The van der Waals surface area contributed by atoms with Crippen molar-refractivity contribution in [1.82, 2.24) is 10.2 Å². The highest BCUT2D eigenvalue weighted by Gasteiger charge is 2.22. The lowest BCUT2D eigenvalue weighted by Gasteiger charge is -2.29. The highest BCUT2D eigenvalue weighted by Crippen LogP contribution is 2.26. The predicted octanol–water partition coefficient (Wildman–Crippen LogP) is 4.01. The van der Waals surface area contributed by atoms with Crippen LogP contribution in [0.1, 0.15) is 27.6 Å². The molecule has 1 aliphatic heterocycles. The van der Waals surface area contributed by atoms with Crippen molar-refractivity contribution in [3.05, 3.63) is 93.7 Å². The second kappa shape index (κ2) is 7.85. The average molecular weight is 362 g/mol. The summed E-state index contributed by atoms with van der Waals surface area (Å²) in [6.45, 7) is 1.86. The zero-order chi connectivity index (χ0) is 17.8. The van der Waals surface area contributed by atoms with E-state index in [4.69, 9.17) is 0 Å². The molecule has 0 bridgehead atoms. The molecule has 2 aromatic carbocycles. The van der Waals surface area contributed by atoms with Crippen LogP contribution in [0.3, 0.4) is 0 Å². The number of amides is 1. The minimum absolute atomic E-state index is 0.0530. The van der Waals surface area contributed by atoms with Gasteiger partial charge in [0.25, 0.3) is 0 Å². The normalized spacial score (nSPS) is 14.7. The number of rotatable bonds is 5. The molecule has 1 aromatic heterocycles. The molecule has 0 radical (unpaired) electrons. The van der Waals surface area contributed by atoms with Crippen molar-refractivity contribution >= 4 is 17.2 Å². The first-order chi connectivity index (χ1) is 12.8. The Morgan fingerprint density at radius 1 is 1.00 bits per heavy atom. The van der Waals surface area contributed by atoms with Crippen molar-refractivity contribution in [2.45, 2.75) is 19.0 Å². The van der Waals surface area contributed by atoms with Gasteiger partial charge in [-0.1, -0.05) is 60.7 Å². The second-order valence-electron chi connectivity index (χ2n) is 6.57. The molecule has 0 saturated carbocycles. The van der Waals surface area contributed by atoms with Gasteiger partial charge in [0.1, 0.15) is 0 Å². The Bertz CT molecular complexity index is 861. The van der Waals surface area contributed by atoms with Crippen LogP contribution in [0.2, 0.25) is 0 Å². The Hall–Kier alpha value is -2.43. The molecule has 1 N–H and O–H groups in total. The Kier molecular flexibility index (Phi) is 5.14. The molecule has 4 rings (SSSR count). The van der Waals surface area contributed by atoms with E-state index in [1.54, 1.807) is 11.3 Å². The van der Waals surface area contributed by atoms with Gasteiger partial charge in [0.2, 0.25) is 5.91 Å². The van der Waals surface area contributed by atoms with Gasteiger partial charge >= 0.3 is 0 Å². The zero-order valence-corrected chi connectivity index (χ0v) is 15.4. The summed E-state index contributed by atoms with van der Waals surface area (Å²) in [4.78, 5) is 16.0. The lowest BCUT2D eigenvalue weighted by Crippen LogP contribution is -2.42.